The molecule has 0 saturated heterocycles. The van der Waals surface area contributed by atoms with Crippen LogP contribution < -0.4 is 5.73 Å². The maximum Gasteiger partial charge on any atom is 0.320 e. The van der Waals surface area contributed by atoms with Crippen molar-refractivity contribution in [2.24, 2.45) is 5.73 Å². The highest BCUT2D eigenvalue weighted by molar-refractivity contribution is 6.30. The second kappa shape index (κ2) is 5.14. The van der Waals surface area contributed by atoms with Gasteiger partial charge in [0.1, 0.15) is 6.04 Å². The average Bonchev–Trinajstić information content (AvgIpc) is 2.16. The van der Waals surface area contributed by atoms with E-state index in [1.165, 1.54) is 0 Å². The molecule has 1 rings (SSSR count). The van der Waals surface area contributed by atoms with Crippen LogP contribution in [-0.4, -0.2) is 17.1 Å². The number of hydrogen-bond donors (Lipinski definition) is 2. The SMILES string of the molecule is CCc1cc(Cl)cc(CC(N)C(=O)O)c1. The molecule has 0 aromatic heterocycles. The van der Waals surface area contributed by atoms with Crippen LogP contribution in [0, 0.1) is 0 Å². The second-order valence-corrected chi connectivity index (χ2v) is 3.91. The maximum atomic E-state index is 10.6. The number of nitrogens with two attached hydrogens (primary N) is 1. The third kappa shape index (κ3) is 3.53. The summed E-state index contributed by atoms with van der Waals surface area (Å²) in [7, 11) is 0. The lowest BCUT2D eigenvalue weighted by Crippen LogP contribution is -2.32. The number of carbonyl (C=O) groups is 1. The van der Waals surface area contributed by atoms with Crippen LogP contribution in [0.3, 0.4) is 0 Å². The normalized spacial score (nSPS) is 12.5. The van der Waals surface area contributed by atoms with Gasteiger partial charge in [-0.25, -0.2) is 0 Å². The van der Waals surface area contributed by atoms with E-state index in [1.54, 1.807) is 6.07 Å². The molecule has 0 spiro atoms. The van der Waals surface area contributed by atoms with Crippen molar-refractivity contribution >= 4 is 17.6 Å². The van der Waals surface area contributed by atoms with Gasteiger partial charge in [-0.15, -0.1) is 0 Å². The third-order valence-corrected chi connectivity index (χ3v) is 2.42. The molecule has 1 unspecified atom stereocenters. The van der Waals surface area contributed by atoms with E-state index in [2.05, 4.69) is 0 Å². The summed E-state index contributed by atoms with van der Waals surface area (Å²) < 4.78 is 0. The van der Waals surface area contributed by atoms with Gasteiger partial charge in [0.25, 0.3) is 0 Å². The average molecular weight is 228 g/mol. The number of carboxylic acids is 1. The first kappa shape index (κ1) is 12.0. The molecule has 0 radical (unpaired) electrons. The van der Waals surface area contributed by atoms with Crippen LogP contribution in [0.1, 0.15) is 18.1 Å². The van der Waals surface area contributed by atoms with Crippen molar-refractivity contribution in [3.8, 4) is 0 Å². The van der Waals surface area contributed by atoms with Crippen LogP contribution in [-0.2, 0) is 17.6 Å². The summed E-state index contributed by atoms with van der Waals surface area (Å²) in [5, 5.41) is 9.31. The standard InChI is InChI=1S/C11H14ClNO2/c1-2-7-3-8(5-9(12)4-7)6-10(13)11(14)15/h3-5,10H,2,6,13H2,1H3,(H,14,15). The highest BCUT2D eigenvalue weighted by Crippen LogP contribution is 2.16. The molecule has 0 saturated carbocycles. The highest BCUT2D eigenvalue weighted by atomic mass is 35.5. The van der Waals surface area contributed by atoms with Crippen LogP contribution in [0.2, 0.25) is 5.02 Å². The minimum atomic E-state index is -0.993. The van der Waals surface area contributed by atoms with Gasteiger partial charge in [0.2, 0.25) is 0 Å². The van der Waals surface area contributed by atoms with Crippen LogP contribution in [0.15, 0.2) is 18.2 Å². The molecule has 15 heavy (non-hydrogen) atoms. The zero-order valence-corrected chi connectivity index (χ0v) is 9.29. The molecule has 3 N–H and O–H groups in total. The van der Waals surface area contributed by atoms with E-state index in [0.717, 1.165) is 17.5 Å². The van der Waals surface area contributed by atoms with Crippen molar-refractivity contribution < 1.29 is 9.90 Å². The molecule has 82 valence electrons. The summed E-state index contributed by atoms with van der Waals surface area (Å²) in [5.41, 5.74) is 7.41. The van der Waals surface area contributed by atoms with Crippen molar-refractivity contribution in [3.05, 3.63) is 34.3 Å². The summed E-state index contributed by atoms with van der Waals surface area (Å²) in [4.78, 5) is 10.6. The molecule has 1 aromatic rings. The number of aliphatic carboxylic acids is 1. The summed E-state index contributed by atoms with van der Waals surface area (Å²) >= 11 is 5.90. The van der Waals surface area contributed by atoms with Gasteiger partial charge in [0.05, 0.1) is 0 Å². The molecule has 4 heteroatoms. The summed E-state index contributed by atoms with van der Waals surface area (Å²) in [5.74, 6) is -0.993. The van der Waals surface area contributed by atoms with E-state index >= 15 is 0 Å². The molecule has 0 bridgehead atoms. The molecule has 3 nitrogen and oxygen atoms in total. The van der Waals surface area contributed by atoms with Crippen molar-refractivity contribution in [1.29, 1.82) is 0 Å². The zero-order valence-electron chi connectivity index (χ0n) is 8.53. The van der Waals surface area contributed by atoms with Gasteiger partial charge in [0, 0.05) is 5.02 Å². The van der Waals surface area contributed by atoms with E-state index in [9.17, 15) is 4.79 Å². The van der Waals surface area contributed by atoms with Crippen LogP contribution in [0.25, 0.3) is 0 Å². The van der Waals surface area contributed by atoms with Crippen LogP contribution >= 0.6 is 11.6 Å². The largest absolute Gasteiger partial charge is 0.480 e. The molecule has 0 fully saturated rings. The predicted octanol–water partition coefficient (Wildman–Crippen LogP) is 1.86. The molecular weight excluding hydrogens is 214 g/mol. The first-order valence-electron chi connectivity index (χ1n) is 4.79. The Balaban J connectivity index is 2.85. The van der Waals surface area contributed by atoms with E-state index < -0.39 is 12.0 Å². The minimum absolute atomic E-state index is 0.308. The zero-order chi connectivity index (χ0) is 11.4. The lowest BCUT2D eigenvalue weighted by Gasteiger charge is -2.08. The van der Waals surface area contributed by atoms with Crippen LogP contribution in [0.4, 0.5) is 0 Å². The van der Waals surface area contributed by atoms with Crippen molar-refractivity contribution in [2.75, 3.05) is 0 Å². The minimum Gasteiger partial charge on any atom is -0.480 e. The molecule has 0 heterocycles. The fourth-order valence-electron chi connectivity index (χ4n) is 1.38. The number of carboxylic acid groups (broad SMARTS) is 1. The van der Waals surface area contributed by atoms with Crippen molar-refractivity contribution in [3.63, 3.8) is 0 Å². The Morgan fingerprint density at radius 1 is 1.47 bits per heavy atom. The monoisotopic (exact) mass is 227 g/mol. The van der Waals surface area contributed by atoms with Crippen LogP contribution in [0.5, 0.6) is 0 Å². The fraction of sp³-hybridized carbons (Fsp3) is 0.364. The smallest absolute Gasteiger partial charge is 0.320 e. The lowest BCUT2D eigenvalue weighted by atomic mass is 10.0. The van der Waals surface area contributed by atoms with E-state index in [-0.39, 0.29) is 0 Å². The molecule has 0 aliphatic rings. The number of aryl methyl sites for hydroxylation is 1. The Bertz CT molecular complexity index is 366. The van der Waals surface area contributed by atoms with Gasteiger partial charge in [0.15, 0.2) is 0 Å². The first-order valence-corrected chi connectivity index (χ1v) is 5.17. The topological polar surface area (TPSA) is 63.3 Å². The molecule has 0 aliphatic heterocycles. The van der Waals surface area contributed by atoms with Gasteiger partial charge in [-0.05, 0) is 36.1 Å². The maximum absolute atomic E-state index is 10.6. The Hall–Kier alpha value is -1.06. The highest BCUT2D eigenvalue weighted by Gasteiger charge is 2.12. The van der Waals surface area contributed by atoms with Gasteiger partial charge >= 0.3 is 5.97 Å². The predicted molar refractivity (Wildman–Crippen MR) is 60.1 cm³/mol. The van der Waals surface area contributed by atoms with Crippen molar-refractivity contribution in [1.82, 2.24) is 0 Å². The Morgan fingerprint density at radius 3 is 2.60 bits per heavy atom. The fourth-order valence-corrected chi connectivity index (χ4v) is 1.66. The van der Waals surface area contributed by atoms with Gasteiger partial charge in [-0.3, -0.25) is 4.79 Å². The van der Waals surface area contributed by atoms with Gasteiger partial charge in [-0.1, -0.05) is 24.6 Å². The Morgan fingerprint density at radius 2 is 2.07 bits per heavy atom. The Kier molecular flexibility index (Phi) is 4.12. The Labute approximate surface area is 93.9 Å². The summed E-state index contributed by atoms with van der Waals surface area (Å²) in [6.45, 7) is 2.02. The molecular formula is C11H14ClNO2. The number of halogens is 1. The van der Waals surface area contributed by atoms with Crippen molar-refractivity contribution in [2.45, 2.75) is 25.8 Å². The quantitative estimate of drug-likeness (QED) is 0.825. The van der Waals surface area contributed by atoms with Gasteiger partial charge in [-0.2, -0.15) is 0 Å². The van der Waals surface area contributed by atoms with E-state index in [1.807, 2.05) is 19.1 Å². The van der Waals surface area contributed by atoms with E-state index in [0.29, 0.717) is 11.4 Å². The molecule has 1 aromatic carbocycles. The van der Waals surface area contributed by atoms with E-state index in [4.69, 9.17) is 22.4 Å². The number of hydrogen-bond acceptors (Lipinski definition) is 2. The molecule has 1 atom stereocenters. The lowest BCUT2D eigenvalue weighted by molar-refractivity contribution is -0.138. The first-order chi connectivity index (χ1) is 7.02. The second-order valence-electron chi connectivity index (χ2n) is 3.47. The number of rotatable bonds is 4. The molecule has 0 aliphatic carbocycles. The summed E-state index contributed by atoms with van der Waals surface area (Å²) in [6.07, 6.45) is 1.18. The molecule has 0 amide bonds. The van der Waals surface area contributed by atoms with Gasteiger partial charge < -0.3 is 10.8 Å². The summed E-state index contributed by atoms with van der Waals surface area (Å²) in [6, 6.07) is 4.70. The third-order valence-electron chi connectivity index (χ3n) is 2.20. The number of benzene rings is 1.